The standard InChI is InChI=1S/2C5H12O4.6C4H6O3/c2*6-1-5(2-7,3-8)4-9;6*1-3(5)2-4(6)7/h2*6-9H,1-4H2;6*2H2,1H3,(H,6,7). The summed E-state index contributed by atoms with van der Waals surface area (Å²) in [5.41, 5.74) is -2.22. The first-order chi connectivity index (χ1) is 27.2. The van der Waals surface area contributed by atoms with E-state index in [0.29, 0.717) is 0 Å². The van der Waals surface area contributed by atoms with Crippen LogP contribution in [0.2, 0.25) is 0 Å². The van der Waals surface area contributed by atoms with Gasteiger partial charge in [-0.05, 0) is 41.5 Å². The fourth-order valence-electron chi connectivity index (χ4n) is 1.88. The fraction of sp³-hybridized carbons (Fsp3) is 0.647. The van der Waals surface area contributed by atoms with Crippen molar-refractivity contribution in [2.45, 2.75) is 80.1 Å². The number of aliphatic hydroxyl groups is 8. The molecule has 26 nitrogen and oxygen atoms in total. The summed E-state index contributed by atoms with van der Waals surface area (Å²) < 4.78 is 0. The monoisotopic (exact) mass is 884 g/mol. The zero-order chi connectivity index (χ0) is 49.8. The van der Waals surface area contributed by atoms with E-state index in [2.05, 4.69) is 0 Å². The van der Waals surface area contributed by atoms with Crippen molar-refractivity contribution in [3.63, 3.8) is 0 Å². The summed E-state index contributed by atoms with van der Waals surface area (Å²) in [6.07, 6.45) is -2.17. The van der Waals surface area contributed by atoms with Crippen molar-refractivity contribution in [2.75, 3.05) is 52.9 Å². The minimum Gasteiger partial charge on any atom is -0.481 e. The average Bonchev–Trinajstić information content (AvgIpc) is 3.06. The topological polar surface area (TPSA) is 488 Å². The molecule has 0 aromatic carbocycles. The Labute approximate surface area is 343 Å². The highest BCUT2D eigenvalue weighted by Crippen LogP contribution is 2.12. The second kappa shape index (κ2) is 46.2. The molecule has 0 aliphatic rings. The minimum atomic E-state index is -1.11. The molecule has 14 N–H and O–H groups in total. The van der Waals surface area contributed by atoms with E-state index in [1.807, 2.05) is 0 Å². The van der Waals surface area contributed by atoms with Gasteiger partial charge in [0, 0.05) is 0 Å². The average molecular weight is 885 g/mol. The Morgan fingerprint density at radius 2 is 0.333 bits per heavy atom. The van der Waals surface area contributed by atoms with Crippen LogP contribution in [0.3, 0.4) is 0 Å². The van der Waals surface area contributed by atoms with Crippen LogP contribution < -0.4 is 0 Å². The highest BCUT2D eigenvalue weighted by Gasteiger charge is 2.27. The molecule has 0 rings (SSSR count). The van der Waals surface area contributed by atoms with E-state index in [1.54, 1.807) is 0 Å². The highest BCUT2D eigenvalue weighted by molar-refractivity contribution is 5.95. The molecule has 0 atom stereocenters. The number of carbonyl (C=O) groups is 12. The minimum absolute atomic E-state index is 0.312. The van der Waals surface area contributed by atoms with E-state index in [0.717, 1.165) is 0 Å². The van der Waals surface area contributed by atoms with Crippen molar-refractivity contribution < 1.29 is 129 Å². The Kier molecular flexibility index (Phi) is 55.6. The number of carbonyl (C=O) groups excluding carboxylic acids is 6. The fourth-order valence-corrected chi connectivity index (χ4v) is 1.88. The molecule has 0 spiro atoms. The summed E-state index contributed by atoms with van der Waals surface area (Å²) in [4.78, 5) is 117. The predicted molar refractivity (Wildman–Crippen MR) is 199 cm³/mol. The number of carboxylic acid groups (broad SMARTS) is 6. The number of carboxylic acids is 6. The van der Waals surface area contributed by atoms with Gasteiger partial charge in [-0.25, -0.2) is 0 Å². The van der Waals surface area contributed by atoms with Gasteiger partial charge < -0.3 is 71.5 Å². The third-order valence-corrected chi connectivity index (χ3v) is 5.08. The number of hydrogen-bond acceptors (Lipinski definition) is 20. The molecule has 26 heteroatoms. The van der Waals surface area contributed by atoms with E-state index in [-0.39, 0.29) is 73.2 Å². The molecule has 60 heavy (non-hydrogen) atoms. The van der Waals surface area contributed by atoms with E-state index in [1.165, 1.54) is 41.5 Å². The first-order valence-electron chi connectivity index (χ1n) is 16.4. The lowest BCUT2D eigenvalue weighted by Gasteiger charge is -2.23. The Morgan fingerprint density at radius 3 is 0.333 bits per heavy atom. The van der Waals surface area contributed by atoms with Gasteiger partial charge in [0.25, 0.3) is 0 Å². The molecule has 0 heterocycles. The summed E-state index contributed by atoms with van der Waals surface area (Å²) in [6.45, 7) is 4.22. The van der Waals surface area contributed by atoms with Gasteiger partial charge in [0.05, 0.1) is 63.7 Å². The van der Waals surface area contributed by atoms with Gasteiger partial charge in [-0.1, -0.05) is 0 Å². The molecule has 0 saturated heterocycles. The lowest BCUT2D eigenvalue weighted by Crippen LogP contribution is -2.37. The number of ketones is 6. The molecular weight excluding hydrogens is 824 g/mol. The molecule has 0 unspecified atom stereocenters. The van der Waals surface area contributed by atoms with Gasteiger partial charge in [0.2, 0.25) is 0 Å². The van der Waals surface area contributed by atoms with Crippen LogP contribution in [0.25, 0.3) is 0 Å². The lowest BCUT2D eigenvalue weighted by atomic mass is 9.93. The van der Waals surface area contributed by atoms with E-state index in [4.69, 9.17) is 71.5 Å². The quantitative estimate of drug-likeness (QED) is 0.0521. The summed E-state index contributed by atoms with van der Waals surface area (Å²) in [6, 6.07) is 0. The molecular formula is C34H60O26. The Morgan fingerprint density at radius 1 is 0.250 bits per heavy atom. The first kappa shape index (κ1) is 72.2. The molecule has 0 radical (unpaired) electrons. The molecule has 0 amide bonds. The van der Waals surface area contributed by atoms with E-state index in [9.17, 15) is 57.5 Å². The zero-order valence-electron chi connectivity index (χ0n) is 34.1. The Balaban J connectivity index is -0.0000000861. The van der Waals surface area contributed by atoms with Crippen LogP contribution in [0.1, 0.15) is 80.1 Å². The number of aliphatic hydroxyl groups excluding tert-OH is 8. The molecule has 0 aromatic heterocycles. The third kappa shape index (κ3) is 77.1. The van der Waals surface area contributed by atoms with Crippen LogP contribution in [-0.4, -0.2) is 195 Å². The van der Waals surface area contributed by atoms with Crippen molar-refractivity contribution in [1.82, 2.24) is 0 Å². The lowest BCUT2D eigenvalue weighted by molar-refractivity contribution is -0.141. The molecule has 0 aliphatic carbocycles. The summed E-state index contributed by atoms with van der Waals surface area (Å²) in [5.74, 6) is -8.25. The molecule has 0 fully saturated rings. The maximum absolute atomic E-state index is 9.87. The number of rotatable bonds is 20. The van der Waals surface area contributed by atoms with Crippen molar-refractivity contribution in [2.24, 2.45) is 10.8 Å². The normalized spacial score (nSPS) is 9.30. The van der Waals surface area contributed by atoms with Crippen LogP contribution in [0, 0.1) is 10.8 Å². The van der Waals surface area contributed by atoms with Crippen LogP contribution in [0.5, 0.6) is 0 Å². The molecule has 0 aromatic rings. The number of hydrogen-bond donors (Lipinski definition) is 14. The maximum Gasteiger partial charge on any atom is 0.310 e. The Bertz CT molecular complexity index is 967. The van der Waals surface area contributed by atoms with Crippen molar-refractivity contribution >= 4 is 70.5 Å². The zero-order valence-corrected chi connectivity index (χ0v) is 34.1. The number of aliphatic carboxylic acids is 6. The van der Waals surface area contributed by atoms with Gasteiger partial charge in [-0.3, -0.25) is 57.5 Å². The molecule has 0 aliphatic heterocycles. The van der Waals surface area contributed by atoms with Crippen molar-refractivity contribution in [3.8, 4) is 0 Å². The molecule has 0 bridgehead atoms. The largest absolute Gasteiger partial charge is 0.481 e. The van der Waals surface area contributed by atoms with Crippen LogP contribution in [0.15, 0.2) is 0 Å². The van der Waals surface area contributed by atoms with Crippen molar-refractivity contribution in [3.05, 3.63) is 0 Å². The summed E-state index contributed by atoms with van der Waals surface area (Å²) >= 11 is 0. The van der Waals surface area contributed by atoms with Crippen molar-refractivity contribution in [1.29, 1.82) is 0 Å². The second-order valence-electron chi connectivity index (χ2n) is 11.9. The van der Waals surface area contributed by atoms with Gasteiger partial charge in [-0.15, -0.1) is 0 Å². The maximum atomic E-state index is 9.87. The number of Topliss-reactive ketones (excluding diaryl/α,β-unsaturated/α-hetero) is 6. The summed E-state index contributed by atoms with van der Waals surface area (Å²) in [7, 11) is 0. The van der Waals surface area contributed by atoms with Crippen LogP contribution in [0.4, 0.5) is 0 Å². The van der Waals surface area contributed by atoms with Gasteiger partial charge in [-0.2, -0.15) is 0 Å². The third-order valence-electron chi connectivity index (χ3n) is 5.08. The predicted octanol–water partition coefficient (Wildman–Crippen LogP) is -3.82. The smallest absolute Gasteiger partial charge is 0.310 e. The van der Waals surface area contributed by atoms with E-state index >= 15 is 0 Å². The highest BCUT2D eigenvalue weighted by atomic mass is 16.4. The molecule has 352 valence electrons. The van der Waals surface area contributed by atoms with E-state index < -0.39 is 99.5 Å². The first-order valence-corrected chi connectivity index (χ1v) is 16.4. The second-order valence-corrected chi connectivity index (χ2v) is 11.9. The van der Waals surface area contributed by atoms with Gasteiger partial charge >= 0.3 is 35.8 Å². The van der Waals surface area contributed by atoms with Crippen LogP contribution in [-0.2, 0) is 57.5 Å². The van der Waals surface area contributed by atoms with Crippen LogP contribution >= 0.6 is 0 Å². The van der Waals surface area contributed by atoms with Gasteiger partial charge in [0.15, 0.2) is 0 Å². The SMILES string of the molecule is CC(=O)CC(=O)O.CC(=O)CC(=O)O.CC(=O)CC(=O)O.CC(=O)CC(=O)O.CC(=O)CC(=O)O.CC(=O)CC(=O)O.OCC(CO)(CO)CO.OCC(CO)(CO)CO. The van der Waals surface area contributed by atoms with Gasteiger partial charge in [0.1, 0.15) is 73.2 Å². The Hall–Kier alpha value is -5.48. The molecule has 0 saturated carbocycles. The summed E-state index contributed by atoms with van der Waals surface area (Å²) in [5, 5.41) is 115.